The highest BCUT2D eigenvalue weighted by molar-refractivity contribution is 6.07. The predicted octanol–water partition coefficient (Wildman–Crippen LogP) is 0.757. The van der Waals surface area contributed by atoms with Crippen molar-refractivity contribution in [3.8, 4) is 0 Å². The van der Waals surface area contributed by atoms with Crippen molar-refractivity contribution in [2.45, 2.75) is 37.9 Å². The Morgan fingerprint density at radius 1 is 1.28 bits per heavy atom. The van der Waals surface area contributed by atoms with Crippen molar-refractivity contribution in [3.05, 3.63) is 35.6 Å². The molecule has 2 atom stereocenters. The summed E-state index contributed by atoms with van der Waals surface area (Å²) < 4.78 is 13.2. The summed E-state index contributed by atoms with van der Waals surface area (Å²) in [5.74, 6) is -1.27. The minimum Gasteiger partial charge on any atom is -0.368 e. The van der Waals surface area contributed by atoms with Crippen LogP contribution in [0.4, 0.5) is 9.18 Å². The summed E-state index contributed by atoms with van der Waals surface area (Å²) in [4.78, 5) is 39.9. The summed E-state index contributed by atoms with van der Waals surface area (Å²) in [6, 6.07) is 4.10. The molecule has 1 spiro atoms. The molecular weight excluding hydrogens is 327 g/mol. The first-order chi connectivity index (χ1) is 11.7. The van der Waals surface area contributed by atoms with Crippen molar-refractivity contribution in [1.29, 1.82) is 0 Å². The topological polar surface area (TPSA) is 95.7 Å². The van der Waals surface area contributed by atoms with Gasteiger partial charge in [-0.3, -0.25) is 19.4 Å². The maximum atomic E-state index is 13.2. The van der Waals surface area contributed by atoms with Gasteiger partial charge >= 0.3 is 6.03 Å². The Hall–Kier alpha value is -2.48. The van der Waals surface area contributed by atoms with E-state index in [1.807, 2.05) is 0 Å². The van der Waals surface area contributed by atoms with Crippen LogP contribution in [0.2, 0.25) is 0 Å². The molecule has 1 aromatic carbocycles. The minimum absolute atomic E-state index is 0.186. The third-order valence-electron chi connectivity index (χ3n) is 4.83. The maximum Gasteiger partial charge on any atom is 0.325 e. The number of primary amides is 1. The van der Waals surface area contributed by atoms with Gasteiger partial charge in [-0.2, -0.15) is 0 Å². The quantitative estimate of drug-likeness (QED) is 0.785. The first kappa shape index (κ1) is 17.3. The lowest BCUT2D eigenvalue weighted by Gasteiger charge is -2.27. The maximum absolute atomic E-state index is 13.2. The molecule has 3 rings (SSSR count). The number of likely N-dealkylation sites (tertiary alicyclic amines) is 1. The van der Waals surface area contributed by atoms with Gasteiger partial charge in [0.05, 0.1) is 0 Å². The van der Waals surface area contributed by atoms with E-state index in [2.05, 4.69) is 5.32 Å². The number of rotatable bonds is 4. The number of amides is 4. The molecule has 4 amide bonds. The molecule has 0 radical (unpaired) electrons. The molecule has 2 saturated heterocycles. The lowest BCUT2D eigenvalue weighted by atomic mass is 9.98. The second-order valence-corrected chi connectivity index (χ2v) is 6.86. The third-order valence-corrected chi connectivity index (χ3v) is 4.83. The minimum atomic E-state index is -1.03. The Labute approximate surface area is 144 Å². The summed E-state index contributed by atoms with van der Waals surface area (Å²) >= 11 is 0. The van der Waals surface area contributed by atoms with Gasteiger partial charge in [-0.1, -0.05) is 12.1 Å². The number of carbonyl (C=O) groups is 3. The van der Waals surface area contributed by atoms with Gasteiger partial charge in [0, 0.05) is 19.1 Å². The number of hydrogen-bond acceptors (Lipinski definition) is 4. The van der Waals surface area contributed by atoms with E-state index in [-0.39, 0.29) is 18.5 Å². The van der Waals surface area contributed by atoms with Crippen LogP contribution in [-0.4, -0.2) is 52.3 Å². The smallest absolute Gasteiger partial charge is 0.325 e. The largest absolute Gasteiger partial charge is 0.368 e. The van der Waals surface area contributed by atoms with Crippen molar-refractivity contribution in [1.82, 2.24) is 15.1 Å². The number of carbonyl (C=O) groups excluding carboxylic acids is 3. The van der Waals surface area contributed by atoms with Gasteiger partial charge in [-0.05, 0) is 38.0 Å². The Kier molecular flexibility index (Phi) is 4.24. The van der Waals surface area contributed by atoms with E-state index in [4.69, 9.17) is 5.73 Å². The molecule has 0 bridgehead atoms. The number of halogens is 1. The highest BCUT2D eigenvalue weighted by Crippen LogP contribution is 2.34. The first-order valence-electron chi connectivity index (χ1n) is 8.20. The molecule has 134 valence electrons. The van der Waals surface area contributed by atoms with Crippen LogP contribution >= 0.6 is 0 Å². The Balaban J connectivity index is 1.86. The normalized spacial score (nSPS) is 25.0. The molecule has 25 heavy (non-hydrogen) atoms. The van der Waals surface area contributed by atoms with Crippen molar-refractivity contribution < 1.29 is 18.8 Å². The fourth-order valence-electron chi connectivity index (χ4n) is 3.65. The lowest BCUT2D eigenvalue weighted by molar-refractivity contribution is -0.132. The summed E-state index contributed by atoms with van der Waals surface area (Å²) in [5, 5.41) is 2.78. The van der Waals surface area contributed by atoms with Crippen LogP contribution in [0.5, 0.6) is 0 Å². The number of nitrogens with one attached hydrogen (secondary N) is 1. The van der Waals surface area contributed by atoms with Gasteiger partial charge in [0.25, 0.3) is 5.91 Å². The molecule has 0 unspecified atom stereocenters. The second-order valence-electron chi connectivity index (χ2n) is 6.86. The van der Waals surface area contributed by atoms with E-state index in [0.717, 1.165) is 0 Å². The highest BCUT2D eigenvalue weighted by Gasteiger charge is 2.56. The van der Waals surface area contributed by atoms with E-state index < -0.39 is 29.3 Å². The Morgan fingerprint density at radius 3 is 2.44 bits per heavy atom. The fourth-order valence-corrected chi connectivity index (χ4v) is 3.65. The lowest BCUT2D eigenvalue weighted by Crippen LogP contribution is -2.50. The predicted molar refractivity (Wildman–Crippen MR) is 87.8 cm³/mol. The standard InChI is InChI=1S/C17H21FN4O3/c1-10(2)22-15(24)17(20-16(22)25)7-8-21(9-17)13(14(19)23)11-3-5-12(18)6-4-11/h3-6,10,13H,7-9H2,1-2H3,(H2,19,23)(H,20,25)/t13-,17-/m1/s1. The molecule has 8 heteroatoms. The molecule has 2 aliphatic heterocycles. The molecule has 0 aromatic heterocycles. The van der Waals surface area contributed by atoms with Gasteiger partial charge in [0.2, 0.25) is 5.91 Å². The third kappa shape index (κ3) is 2.86. The fraction of sp³-hybridized carbons (Fsp3) is 0.471. The Morgan fingerprint density at radius 2 is 1.92 bits per heavy atom. The van der Waals surface area contributed by atoms with E-state index in [9.17, 15) is 18.8 Å². The molecule has 0 saturated carbocycles. The summed E-state index contributed by atoms with van der Waals surface area (Å²) in [6.07, 6.45) is 0.395. The van der Waals surface area contributed by atoms with Gasteiger partial charge in [0.15, 0.2) is 0 Å². The van der Waals surface area contributed by atoms with Crippen LogP contribution in [-0.2, 0) is 9.59 Å². The van der Waals surface area contributed by atoms with Crippen LogP contribution in [0.15, 0.2) is 24.3 Å². The molecule has 7 nitrogen and oxygen atoms in total. The van der Waals surface area contributed by atoms with Crippen molar-refractivity contribution in [3.63, 3.8) is 0 Å². The summed E-state index contributed by atoms with van der Waals surface area (Å²) in [7, 11) is 0. The number of nitrogens with two attached hydrogens (primary N) is 1. The molecule has 2 aliphatic rings. The van der Waals surface area contributed by atoms with E-state index in [0.29, 0.717) is 18.5 Å². The van der Waals surface area contributed by atoms with Crippen molar-refractivity contribution in [2.75, 3.05) is 13.1 Å². The molecule has 0 aliphatic carbocycles. The van der Waals surface area contributed by atoms with Crippen molar-refractivity contribution >= 4 is 17.8 Å². The van der Waals surface area contributed by atoms with Gasteiger partial charge in [0.1, 0.15) is 17.4 Å². The average Bonchev–Trinajstić information content (AvgIpc) is 3.03. The summed E-state index contributed by atoms with van der Waals surface area (Å²) in [6.45, 7) is 4.15. The number of hydrogen-bond donors (Lipinski definition) is 2. The second kappa shape index (κ2) is 6.11. The van der Waals surface area contributed by atoms with Crippen LogP contribution in [0, 0.1) is 5.82 Å². The zero-order valence-electron chi connectivity index (χ0n) is 14.2. The van der Waals surface area contributed by atoms with Gasteiger partial charge in [-0.15, -0.1) is 0 Å². The van der Waals surface area contributed by atoms with E-state index >= 15 is 0 Å². The molecule has 2 heterocycles. The summed E-state index contributed by atoms with van der Waals surface area (Å²) in [5.41, 5.74) is 5.08. The molecule has 3 N–H and O–H groups in total. The van der Waals surface area contributed by atoms with Gasteiger partial charge < -0.3 is 11.1 Å². The first-order valence-corrected chi connectivity index (χ1v) is 8.20. The van der Waals surface area contributed by atoms with E-state index in [1.165, 1.54) is 29.2 Å². The average molecular weight is 348 g/mol. The van der Waals surface area contributed by atoms with E-state index in [1.54, 1.807) is 18.7 Å². The van der Waals surface area contributed by atoms with Crippen molar-refractivity contribution in [2.24, 2.45) is 5.73 Å². The SMILES string of the molecule is CC(C)N1C(=O)N[C@@]2(CCN([C@@H](C(N)=O)c3ccc(F)cc3)C2)C1=O. The zero-order chi connectivity index (χ0) is 18.4. The number of urea groups is 1. The number of benzene rings is 1. The highest BCUT2D eigenvalue weighted by atomic mass is 19.1. The van der Waals surface area contributed by atoms with Gasteiger partial charge in [-0.25, -0.2) is 9.18 Å². The number of imide groups is 1. The van der Waals surface area contributed by atoms with Crippen LogP contribution < -0.4 is 11.1 Å². The molecule has 1 aromatic rings. The Bertz CT molecular complexity index is 721. The van der Waals surface area contributed by atoms with Crippen LogP contribution in [0.3, 0.4) is 0 Å². The van der Waals surface area contributed by atoms with Crippen LogP contribution in [0.25, 0.3) is 0 Å². The number of nitrogens with zero attached hydrogens (tertiary/aromatic N) is 2. The monoisotopic (exact) mass is 348 g/mol. The zero-order valence-corrected chi connectivity index (χ0v) is 14.2. The van der Waals surface area contributed by atoms with Crippen LogP contribution in [0.1, 0.15) is 31.9 Å². The molecular formula is C17H21FN4O3. The molecule has 2 fully saturated rings.